The van der Waals surface area contributed by atoms with E-state index in [9.17, 15) is 5.11 Å². The lowest BCUT2D eigenvalue weighted by molar-refractivity contribution is -0.0793. The minimum Gasteiger partial charge on any atom is -0.490 e. The first-order chi connectivity index (χ1) is 14.8. The van der Waals surface area contributed by atoms with Crippen molar-refractivity contribution in [2.45, 2.75) is 12.1 Å². The zero-order valence-electron chi connectivity index (χ0n) is 17.1. The Morgan fingerprint density at radius 1 is 1.03 bits per heavy atom. The first-order valence-electron chi connectivity index (χ1n) is 10.7. The first-order valence-corrected chi connectivity index (χ1v) is 10.7. The molecule has 1 N–H and O–H groups in total. The first kappa shape index (κ1) is 19.6. The summed E-state index contributed by atoms with van der Waals surface area (Å²) in [7, 11) is 0. The molecule has 30 heavy (non-hydrogen) atoms. The molecule has 2 aromatic carbocycles. The van der Waals surface area contributed by atoms with E-state index in [1.807, 2.05) is 24.3 Å². The molecule has 0 spiro atoms. The van der Waals surface area contributed by atoms with Crippen LogP contribution >= 0.6 is 0 Å². The van der Waals surface area contributed by atoms with Crippen LogP contribution in [0.2, 0.25) is 0 Å². The van der Waals surface area contributed by atoms with E-state index >= 15 is 0 Å². The zero-order valence-corrected chi connectivity index (χ0v) is 17.1. The lowest BCUT2D eigenvalue weighted by atomic mass is 9.99. The van der Waals surface area contributed by atoms with Crippen molar-refractivity contribution in [3.8, 4) is 16.9 Å². The van der Waals surface area contributed by atoms with Gasteiger partial charge in [0.1, 0.15) is 18.5 Å². The molecule has 0 amide bonds. The summed E-state index contributed by atoms with van der Waals surface area (Å²) >= 11 is 0. The van der Waals surface area contributed by atoms with Crippen LogP contribution in [0.1, 0.15) is 0 Å². The van der Waals surface area contributed by atoms with Gasteiger partial charge in [-0.2, -0.15) is 0 Å². The monoisotopic (exact) mass is 408 g/mol. The van der Waals surface area contributed by atoms with Crippen LogP contribution in [0.3, 0.4) is 0 Å². The number of benzene rings is 2. The predicted molar refractivity (Wildman–Crippen MR) is 116 cm³/mol. The van der Waals surface area contributed by atoms with Crippen LogP contribution in [-0.2, 0) is 4.74 Å². The second kappa shape index (κ2) is 8.78. The van der Waals surface area contributed by atoms with E-state index in [1.54, 1.807) is 12.5 Å². The van der Waals surface area contributed by atoms with E-state index in [0.717, 1.165) is 67.0 Å². The number of β-amino-alcohol motifs (C(OH)–C–C–N with tert-alkyl or cyclic N) is 1. The van der Waals surface area contributed by atoms with Gasteiger partial charge in [-0.15, -0.1) is 0 Å². The number of hydrogen-bond donors (Lipinski definition) is 1. The fraction of sp³-hybridized carbons (Fsp3) is 0.417. The Hall–Kier alpha value is -2.38. The molecule has 5 rings (SSSR count). The predicted octanol–water partition coefficient (Wildman–Crippen LogP) is 2.86. The summed E-state index contributed by atoms with van der Waals surface area (Å²) < 4.78 is 16.7. The van der Waals surface area contributed by atoms with Crippen molar-refractivity contribution in [1.82, 2.24) is 9.80 Å². The van der Waals surface area contributed by atoms with Crippen molar-refractivity contribution in [2.75, 3.05) is 52.5 Å². The number of ether oxygens (including phenoxy) is 2. The van der Waals surface area contributed by atoms with Crippen LogP contribution in [0.25, 0.3) is 21.9 Å². The van der Waals surface area contributed by atoms with Crippen molar-refractivity contribution in [3.63, 3.8) is 0 Å². The third-order valence-electron chi connectivity index (χ3n) is 6.14. The number of furan rings is 1. The largest absolute Gasteiger partial charge is 0.490 e. The minimum atomic E-state index is -0.535. The van der Waals surface area contributed by atoms with Gasteiger partial charge in [0.2, 0.25) is 0 Å². The van der Waals surface area contributed by atoms with E-state index in [0.29, 0.717) is 12.6 Å². The summed E-state index contributed by atoms with van der Waals surface area (Å²) in [6.07, 6.45) is 2.87. The average molecular weight is 408 g/mol. The Labute approximate surface area is 176 Å². The standard InChI is InChI=1S/C24H28N2O4/c27-21(13-25-8-10-26(11-9-25)20-15-29-16-20)17-30-23-6-5-18-3-1-2-4-22(18)24(23)19-7-12-28-14-19/h1-7,12,14,20-21,27H,8-11,13,15-17H2. The number of hydrogen-bond acceptors (Lipinski definition) is 6. The molecular weight excluding hydrogens is 380 g/mol. The maximum atomic E-state index is 10.6. The highest BCUT2D eigenvalue weighted by atomic mass is 16.5. The molecule has 1 aromatic heterocycles. The van der Waals surface area contributed by atoms with Crippen LogP contribution < -0.4 is 4.74 Å². The summed E-state index contributed by atoms with van der Waals surface area (Å²) in [5.74, 6) is 0.768. The quantitative estimate of drug-likeness (QED) is 0.649. The highest BCUT2D eigenvalue weighted by molar-refractivity contribution is 5.99. The Morgan fingerprint density at radius 2 is 1.87 bits per heavy atom. The Morgan fingerprint density at radius 3 is 2.60 bits per heavy atom. The maximum Gasteiger partial charge on any atom is 0.128 e. The van der Waals surface area contributed by atoms with Gasteiger partial charge in [-0.25, -0.2) is 0 Å². The van der Waals surface area contributed by atoms with E-state index < -0.39 is 6.10 Å². The third-order valence-corrected chi connectivity index (χ3v) is 6.14. The number of fused-ring (bicyclic) bond motifs is 1. The number of nitrogens with zero attached hydrogens (tertiary/aromatic N) is 2. The molecule has 2 aliphatic rings. The smallest absolute Gasteiger partial charge is 0.128 e. The van der Waals surface area contributed by atoms with Crippen molar-refractivity contribution in [1.29, 1.82) is 0 Å². The van der Waals surface area contributed by atoms with Crippen LogP contribution in [0.5, 0.6) is 5.75 Å². The molecule has 0 bridgehead atoms. The molecule has 6 heteroatoms. The van der Waals surface area contributed by atoms with E-state index in [2.05, 4.69) is 28.0 Å². The van der Waals surface area contributed by atoms with Crippen molar-refractivity contribution < 1.29 is 19.0 Å². The Bertz CT molecular complexity index is 963. The second-order valence-corrected chi connectivity index (χ2v) is 8.16. The molecule has 2 fully saturated rings. The van der Waals surface area contributed by atoms with Crippen molar-refractivity contribution >= 4 is 10.8 Å². The third kappa shape index (κ3) is 4.09. The van der Waals surface area contributed by atoms with Gasteiger partial charge < -0.3 is 19.0 Å². The molecule has 0 aliphatic carbocycles. The lowest BCUT2D eigenvalue weighted by Crippen LogP contribution is -2.57. The van der Waals surface area contributed by atoms with Crippen LogP contribution in [0, 0.1) is 0 Å². The van der Waals surface area contributed by atoms with Crippen LogP contribution in [0.15, 0.2) is 59.4 Å². The van der Waals surface area contributed by atoms with Crippen molar-refractivity contribution in [3.05, 3.63) is 55.0 Å². The molecular formula is C24H28N2O4. The van der Waals surface area contributed by atoms with Gasteiger partial charge in [-0.1, -0.05) is 30.3 Å². The molecule has 1 atom stereocenters. The van der Waals surface area contributed by atoms with Gasteiger partial charge in [0.25, 0.3) is 0 Å². The van der Waals surface area contributed by atoms with E-state index in [-0.39, 0.29) is 6.61 Å². The topological polar surface area (TPSA) is 58.3 Å². The SMILES string of the molecule is OC(COc1ccc2ccccc2c1-c1ccoc1)CN1CCN(C2COC2)CC1. The molecule has 2 saturated heterocycles. The molecule has 0 saturated carbocycles. The van der Waals surface area contributed by atoms with Crippen LogP contribution in [0.4, 0.5) is 0 Å². The molecule has 6 nitrogen and oxygen atoms in total. The number of rotatable bonds is 7. The number of aliphatic hydroxyl groups excluding tert-OH is 1. The molecule has 3 aromatic rings. The molecule has 1 unspecified atom stereocenters. The van der Waals surface area contributed by atoms with E-state index in [1.165, 1.54) is 0 Å². The molecule has 0 radical (unpaired) electrons. The Kier molecular flexibility index (Phi) is 5.73. The fourth-order valence-corrected chi connectivity index (χ4v) is 4.36. The van der Waals surface area contributed by atoms with Gasteiger partial charge in [-0.3, -0.25) is 9.80 Å². The van der Waals surface area contributed by atoms with Gasteiger partial charge in [-0.05, 0) is 22.9 Å². The normalized spacial score (nSPS) is 19.6. The molecule has 158 valence electrons. The van der Waals surface area contributed by atoms with Gasteiger partial charge in [0.15, 0.2) is 0 Å². The number of aliphatic hydroxyl groups is 1. The van der Waals surface area contributed by atoms with Crippen molar-refractivity contribution in [2.24, 2.45) is 0 Å². The van der Waals surface area contributed by atoms with E-state index in [4.69, 9.17) is 13.9 Å². The minimum absolute atomic E-state index is 0.264. The fourth-order valence-electron chi connectivity index (χ4n) is 4.36. The summed E-state index contributed by atoms with van der Waals surface area (Å²) in [5, 5.41) is 12.9. The van der Waals surface area contributed by atoms with Gasteiger partial charge in [0.05, 0.1) is 31.8 Å². The summed E-state index contributed by atoms with van der Waals surface area (Å²) in [5.41, 5.74) is 1.98. The summed E-state index contributed by atoms with van der Waals surface area (Å²) in [6, 6.07) is 14.8. The highest BCUT2D eigenvalue weighted by Gasteiger charge is 2.29. The second-order valence-electron chi connectivity index (χ2n) is 8.16. The number of piperazine rings is 1. The lowest BCUT2D eigenvalue weighted by Gasteiger charge is -2.42. The summed E-state index contributed by atoms with van der Waals surface area (Å²) in [4.78, 5) is 4.82. The highest BCUT2D eigenvalue weighted by Crippen LogP contribution is 2.37. The summed E-state index contributed by atoms with van der Waals surface area (Å²) in [6.45, 7) is 6.65. The van der Waals surface area contributed by atoms with Gasteiger partial charge in [0, 0.05) is 43.9 Å². The average Bonchev–Trinajstić information content (AvgIpc) is 3.26. The Balaban J connectivity index is 1.22. The molecule has 3 heterocycles. The zero-order chi connectivity index (χ0) is 20.3. The van der Waals surface area contributed by atoms with Gasteiger partial charge >= 0.3 is 0 Å². The molecule has 2 aliphatic heterocycles. The maximum absolute atomic E-state index is 10.6. The van der Waals surface area contributed by atoms with Crippen LogP contribution in [-0.4, -0.2) is 79.6 Å².